The zero-order valence-corrected chi connectivity index (χ0v) is 18.0. The van der Waals surface area contributed by atoms with Crippen molar-refractivity contribution in [2.24, 2.45) is 0 Å². The fourth-order valence-electron chi connectivity index (χ4n) is 2.55. The van der Waals surface area contributed by atoms with Crippen LogP contribution >= 0.6 is 23.4 Å². The second-order valence-electron chi connectivity index (χ2n) is 6.48. The molecule has 0 saturated heterocycles. The van der Waals surface area contributed by atoms with Crippen molar-refractivity contribution in [3.63, 3.8) is 0 Å². The minimum atomic E-state index is -4.54. The number of aryl methyl sites for hydroxylation is 1. The Bertz CT molecular complexity index is 909. The van der Waals surface area contributed by atoms with Crippen molar-refractivity contribution in [3.05, 3.63) is 52.7 Å². The number of benzene rings is 1. The molecule has 5 nitrogen and oxygen atoms in total. The first-order valence-corrected chi connectivity index (χ1v) is 10.5. The van der Waals surface area contributed by atoms with Crippen molar-refractivity contribution in [2.45, 2.75) is 31.5 Å². The number of hydrogen-bond donors (Lipinski definition) is 1. The van der Waals surface area contributed by atoms with Crippen molar-refractivity contribution in [1.29, 1.82) is 0 Å². The number of aromatic nitrogens is 1. The van der Waals surface area contributed by atoms with Crippen LogP contribution in [0.25, 0.3) is 0 Å². The molecular weight excluding hydrogens is 439 g/mol. The molecule has 0 aliphatic rings. The van der Waals surface area contributed by atoms with E-state index in [0.717, 1.165) is 23.4 Å². The topological polar surface area (TPSA) is 62.3 Å². The molecule has 162 valence electrons. The van der Waals surface area contributed by atoms with Gasteiger partial charge in [0.05, 0.1) is 22.9 Å². The summed E-state index contributed by atoms with van der Waals surface area (Å²) in [4.78, 5) is 30.0. The molecule has 0 saturated carbocycles. The summed E-state index contributed by atoms with van der Waals surface area (Å²) in [7, 11) is 0. The van der Waals surface area contributed by atoms with E-state index in [2.05, 4.69) is 10.3 Å². The Morgan fingerprint density at radius 2 is 1.97 bits per heavy atom. The van der Waals surface area contributed by atoms with Crippen LogP contribution in [0.5, 0.6) is 0 Å². The summed E-state index contributed by atoms with van der Waals surface area (Å²) in [5.74, 6) is -0.767. The van der Waals surface area contributed by atoms with Gasteiger partial charge >= 0.3 is 6.18 Å². The van der Waals surface area contributed by atoms with Crippen LogP contribution in [0.1, 0.15) is 24.5 Å². The third-order valence-corrected chi connectivity index (χ3v) is 5.46. The van der Waals surface area contributed by atoms with Crippen molar-refractivity contribution >= 4 is 40.9 Å². The Balaban J connectivity index is 1.98. The van der Waals surface area contributed by atoms with E-state index in [-0.39, 0.29) is 34.2 Å². The van der Waals surface area contributed by atoms with E-state index in [1.165, 1.54) is 4.90 Å². The molecule has 0 unspecified atom stereocenters. The van der Waals surface area contributed by atoms with Crippen LogP contribution < -0.4 is 5.32 Å². The summed E-state index contributed by atoms with van der Waals surface area (Å²) in [5, 5.41) is 2.72. The lowest BCUT2D eigenvalue weighted by molar-refractivity contribution is -0.138. The average Bonchev–Trinajstić information content (AvgIpc) is 2.67. The second-order valence-corrected chi connectivity index (χ2v) is 7.85. The lowest BCUT2D eigenvalue weighted by Gasteiger charge is -2.22. The van der Waals surface area contributed by atoms with Gasteiger partial charge in [-0.25, -0.2) is 4.98 Å². The van der Waals surface area contributed by atoms with Crippen LogP contribution in [0.2, 0.25) is 5.02 Å². The number of amides is 2. The van der Waals surface area contributed by atoms with Gasteiger partial charge in [-0.15, -0.1) is 0 Å². The number of nitrogens with zero attached hydrogens (tertiary/aromatic N) is 2. The molecule has 2 amide bonds. The molecule has 0 fully saturated rings. The molecular formula is C20H21ClF3N3O2S. The summed E-state index contributed by atoms with van der Waals surface area (Å²) in [6.07, 6.45) is -3.22. The van der Waals surface area contributed by atoms with Gasteiger partial charge in [-0.1, -0.05) is 48.5 Å². The number of nitrogens with one attached hydrogen (secondary N) is 1. The van der Waals surface area contributed by atoms with E-state index in [1.807, 2.05) is 26.0 Å². The Labute approximate surface area is 182 Å². The van der Waals surface area contributed by atoms with Crippen LogP contribution in [-0.2, 0) is 15.8 Å². The molecule has 1 heterocycles. The standard InChI is InChI=1S/C20H21ClF3N3O2S/c1-3-8-27(11-17(28)26-16-7-5-4-6-13(16)2)18(29)12-30-19-15(21)9-14(10-25-19)20(22,23)24/h4-7,9-10H,3,8,11-12H2,1-2H3,(H,26,28). The van der Waals surface area contributed by atoms with E-state index < -0.39 is 11.7 Å². The zero-order chi connectivity index (χ0) is 22.3. The first kappa shape index (κ1) is 24.0. The van der Waals surface area contributed by atoms with Gasteiger partial charge in [0, 0.05) is 18.4 Å². The molecule has 2 rings (SSSR count). The predicted molar refractivity (Wildman–Crippen MR) is 112 cm³/mol. The first-order valence-electron chi connectivity index (χ1n) is 9.10. The van der Waals surface area contributed by atoms with Gasteiger partial charge in [0.15, 0.2) is 0 Å². The molecule has 0 aliphatic carbocycles. The Hall–Kier alpha value is -2.26. The maximum atomic E-state index is 12.7. The van der Waals surface area contributed by atoms with Crippen molar-refractivity contribution in [2.75, 3.05) is 24.2 Å². The lowest BCUT2D eigenvalue weighted by Crippen LogP contribution is -2.39. The van der Waals surface area contributed by atoms with Gasteiger partial charge in [-0.3, -0.25) is 9.59 Å². The molecule has 0 radical (unpaired) electrons. The largest absolute Gasteiger partial charge is 0.417 e. The van der Waals surface area contributed by atoms with Crippen molar-refractivity contribution in [1.82, 2.24) is 9.88 Å². The number of carbonyl (C=O) groups excluding carboxylic acids is 2. The van der Waals surface area contributed by atoms with Crippen LogP contribution in [0.4, 0.5) is 18.9 Å². The van der Waals surface area contributed by atoms with E-state index in [4.69, 9.17) is 11.6 Å². The van der Waals surface area contributed by atoms with Gasteiger partial charge in [0.1, 0.15) is 5.03 Å². The van der Waals surface area contributed by atoms with E-state index in [0.29, 0.717) is 24.8 Å². The highest BCUT2D eigenvalue weighted by Gasteiger charge is 2.31. The fraction of sp³-hybridized carbons (Fsp3) is 0.350. The van der Waals surface area contributed by atoms with Crippen molar-refractivity contribution in [3.8, 4) is 0 Å². The third kappa shape index (κ3) is 6.91. The zero-order valence-electron chi connectivity index (χ0n) is 16.4. The number of pyridine rings is 1. The SMILES string of the molecule is CCCN(CC(=O)Nc1ccccc1C)C(=O)CSc1ncc(C(F)(F)F)cc1Cl. The highest BCUT2D eigenvalue weighted by atomic mass is 35.5. The van der Waals surface area contributed by atoms with E-state index in [9.17, 15) is 22.8 Å². The van der Waals surface area contributed by atoms with Gasteiger partial charge < -0.3 is 10.2 Å². The Kier molecular flexibility index (Phi) is 8.54. The summed E-state index contributed by atoms with van der Waals surface area (Å²) in [6, 6.07) is 8.07. The molecule has 0 aliphatic heterocycles. The maximum Gasteiger partial charge on any atom is 0.417 e. The quantitative estimate of drug-likeness (QED) is 0.562. The molecule has 1 aromatic carbocycles. The number of hydrogen-bond acceptors (Lipinski definition) is 4. The minimum Gasteiger partial charge on any atom is -0.333 e. The molecule has 0 bridgehead atoms. The van der Waals surface area contributed by atoms with E-state index in [1.54, 1.807) is 12.1 Å². The maximum absolute atomic E-state index is 12.7. The minimum absolute atomic E-state index is 0.101. The molecule has 10 heteroatoms. The highest BCUT2D eigenvalue weighted by Crippen LogP contribution is 2.33. The third-order valence-electron chi connectivity index (χ3n) is 4.07. The second kappa shape index (κ2) is 10.7. The number of rotatable bonds is 8. The molecule has 2 aromatic rings. The lowest BCUT2D eigenvalue weighted by atomic mass is 10.2. The molecule has 1 N–H and O–H groups in total. The molecule has 0 atom stereocenters. The first-order chi connectivity index (χ1) is 14.1. The van der Waals surface area contributed by atoms with Crippen molar-refractivity contribution < 1.29 is 22.8 Å². The van der Waals surface area contributed by atoms with Gasteiger partial charge in [0.2, 0.25) is 11.8 Å². The number of alkyl halides is 3. The van der Waals surface area contributed by atoms with E-state index >= 15 is 0 Å². The fourth-order valence-corrected chi connectivity index (χ4v) is 3.64. The number of halogens is 4. The number of carbonyl (C=O) groups is 2. The van der Waals surface area contributed by atoms with Gasteiger partial charge in [-0.2, -0.15) is 13.2 Å². The smallest absolute Gasteiger partial charge is 0.333 e. The summed E-state index contributed by atoms with van der Waals surface area (Å²) >= 11 is 6.81. The number of para-hydroxylation sites is 1. The van der Waals surface area contributed by atoms with Crippen LogP contribution in [0, 0.1) is 6.92 Å². The number of thioether (sulfide) groups is 1. The van der Waals surface area contributed by atoms with Crippen LogP contribution in [0.3, 0.4) is 0 Å². The van der Waals surface area contributed by atoms with Crippen LogP contribution in [0.15, 0.2) is 41.6 Å². The summed E-state index contributed by atoms with van der Waals surface area (Å²) in [6.45, 7) is 3.98. The van der Waals surface area contributed by atoms with Gasteiger partial charge in [0.25, 0.3) is 0 Å². The average molecular weight is 460 g/mol. The monoisotopic (exact) mass is 459 g/mol. The Morgan fingerprint density at radius 1 is 1.27 bits per heavy atom. The summed E-state index contributed by atoms with van der Waals surface area (Å²) in [5.41, 5.74) is 0.614. The molecule has 1 aromatic heterocycles. The van der Waals surface area contributed by atoms with Crippen LogP contribution in [-0.4, -0.2) is 40.5 Å². The van der Waals surface area contributed by atoms with Gasteiger partial charge in [-0.05, 0) is 31.0 Å². The highest BCUT2D eigenvalue weighted by molar-refractivity contribution is 8.00. The summed E-state index contributed by atoms with van der Waals surface area (Å²) < 4.78 is 38.1. The normalized spacial score (nSPS) is 11.3. The molecule has 0 spiro atoms. The predicted octanol–water partition coefficient (Wildman–Crippen LogP) is 5.03. The Morgan fingerprint density at radius 3 is 2.57 bits per heavy atom. The number of anilines is 1. The molecule has 30 heavy (non-hydrogen) atoms.